The zero-order valence-corrected chi connectivity index (χ0v) is 8.28. The summed E-state index contributed by atoms with van der Waals surface area (Å²) in [6.45, 7) is 0. The maximum absolute atomic E-state index is 11.9. The first-order chi connectivity index (χ1) is 7.79. The zero-order chi connectivity index (χ0) is 13.1. The van der Waals surface area contributed by atoms with Crippen molar-refractivity contribution >= 4 is 17.7 Å². The van der Waals surface area contributed by atoms with Crippen LogP contribution in [0.4, 0.5) is 19.0 Å². The highest BCUT2D eigenvalue weighted by atomic mass is 19.4. The molecule has 2 N–H and O–H groups in total. The molecule has 92 valence electrons. The summed E-state index contributed by atoms with van der Waals surface area (Å²) >= 11 is 0. The minimum Gasteiger partial charge on any atom is -0.481 e. The normalized spacial score (nSPS) is 11.0. The Morgan fingerprint density at radius 2 is 2.00 bits per heavy atom. The molecule has 0 unspecified atom stereocenters. The molecule has 0 saturated carbocycles. The van der Waals surface area contributed by atoms with E-state index in [-0.39, 0.29) is 11.5 Å². The van der Waals surface area contributed by atoms with Crippen molar-refractivity contribution in [2.24, 2.45) is 0 Å². The molecule has 0 atom stereocenters. The number of anilines is 1. The maximum Gasteiger partial charge on any atom is 0.471 e. The lowest BCUT2D eigenvalue weighted by Crippen LogP contribution is -2.30. The van der Waals surface area contributed by atoms with Crippen molar-refractivity contribution in [1.82, 2.24) is 4.98 Å². The minimum absolute atomic E-state index is 0.0532. The van der Waals surface area contributed by atoms with Crippen LogP contribution < -0.4 is 5.32 Å². The highest BCUT2D eigenvalue weighted by Crippen LogP contribution is 2.17. The van der Waals surface area contributed by atoms with Crippen LogP contribution in [0.1, 0.15) is 5.69 Å². The number of rotatable bonds is 3. The Labute approximate surface area is 93.3 Å². The Bertz CT molecular complexity index is 445. The average Bonchev–Trinajstić information content (AvgIpc) is 2.15. The highest BCUT2D eigenvalue weighted by molar-refractivity contribution is 5.94. The van der Waals surface area contributed by atoms with Gasteiger partial charge in [0.15, 0.2) is 0 Å². The second-order valence-electron chi connectivity index (χ2n) is 3.04. The van der Waals surface area contributed by atoms with Gasteiger partial charge in [-0.25, -0.2) is 4.98 Å². The van der Waals surface area contributed by atoms with E-state index in [1.165, 1.54) is 17.4 Å². The summed E-state index contributed by atoms with van der Waals surface area (Å²) < 4.78 is 35.7. The first kappa shape index (κ1) is 12.9. The van der Waals surface area contributed by atoms with Gasteiger partial charge in [0.1, 0.15) is 5.82 Å². The van der Waals surface area contributed by atoms with Crippen LogP contribution in [0.2, 0.25) is 0 Å². The van der Waals surface area contributed by atoms with Crippen LogP contribution in [0.3, 0.4) is 0 Å². The number of aliphatic carboxylic acids is 1. The van der Waals surface area contributed by atoms with Crippen LogP contribution in [0, 0.1) is 0 Å². The van der Waals surface area contributed by atoms with Gasteiger partial charge in [-0.3, -0.25) is 9.59 Å². The lowest BCUT2D eigenvalue weighted by Gasteiger charge is -2.07. The van der Waals surface area contributed by atoms with Crippen molar-refractivity contribution in [3.8, 4) is 0 Å². The largest absolute Gasteiger partial charge is 0.481 e. The number of carbonyl (C=O) groups is 2. The van der Waals surface area contributed by atoms with Crippen LogP contribution in [0.5, 0.6) is 0 Å². The molecule has 17 heavy (non-hydrogen) atoms. The quantitative estimate of drug-likeness (QED) is 0.842. The summed E-state index contributed by atoms with van der Waals surface area (Å²) in [5, 5.41) is 9.99. The van der Waals surface area contributed by atoms with E-state index in [0.29, 0.717) is 0 Å². The van der Waals surface area contributed by atoms with E-state index >= 15 is 0 Å². The van der Waals surface area contributed by atoms with Gasteiger partial charge in [-0.2, -0.15) is 13.2 Å². The topological polar surface area (TPSA) is 79.3 Å². The van der Waals surface area contributed by atoms with E-state index in [0.717, 1.165) is 6.07 Å². The van der Waals surface area contributed by atoms with Crippen molar-refractivity contribution in [3.63, 3.8) is 0 Å². The monoisotopic (exact) mass is 248 g/mol. The van der Waals surface area contributed by atoms with Gasteiger partial charge >= 0.3 is 18.1 Å². The molecule has 8 heteroatoms. The molecule has 0 spiro atoms. The highest BCUT2D eigenvalue weighted by Gasteiger charge is 2.38. The molecule has 0 bridgehead atoms. The maximum atomic E-state index is 11.9. The molecule has 0 aromatic carbocycles. The molecular formula is C9H7F3N2O3. The summed E-state index contributed by atoms with van der Waals surface area (Å²) in [5.41, 5.74) is 0.0532. The standard InChI is InChI=1S/C9H7F3N2O3/c10-9(11,12)8(17)14-6-3-1-2-5(13-6)4-7(15)16/h1-3H,4H2,(H,15,16)(H,13,14,17). The van der Waals surface area contributed by atoms with Crippen LogP contribution in [-0.4, -0.2) is 28.1 Å². The Kier molecular flexibility index (Phi) is 3.66. The van der Waals surface area contributed by atoms with Crippen molar-refractivity contribution in [2.45, 2.75) is 12.6 Å². The molecule has 1 rings (SSSR count). The molecule has 0 aliphatic carbocycles. The van der Waals surface area contributed by atoms with E-state index in [2.05, 4.69) is 4.98 Å². The lowest BCUT2D eigenvalue weighted by atomic mass is 10.3. The third kappa shape index (κ3) is 4.09. The van der Waals surface area contributed by atoms with Gasteiger partial charge in [0.05, 0.1) is 12.1 Å². The SMILES string of the molecule is O=C(O)Cc1cccc(NC(=O)C(F)(F)F)n1. The number of carboxylic acids is 1. The number of nitrogens with zero attached hydrogens (tertiary/aromatic N) is 1. The number of carbonyl (C=O) groups excluding carboxylic acids is 1. The number of alkyl halides is 3. The van der Waals surface area contributed by atoms with E-state index in [4.69, 9.17) is 5.11 Å². The first-order valence-electron chi connectivity index (χ1n) is 4.35. The predicted octanol–water partition coefficient (Wildman–Crippen LogP) is 1.21. The molecule has 0 radical (unpaired) electrons. The van der Waals surface area contributed by atoms with Gasteiger partial charge < -0.3 is 10.4 Å². The van der Waals surface area contributed by atoms with E-state index in [9.17, 15) is 22.8 Å². The fourth-order valence-corrected chi connectivity index (χ4v) is 0.990. The number of nitrogens with one attached hydrogen (secondary N) is 1. The van der Waals surface area contributed by atoms with Gasteiger partial charge in [-0.1, -0.05) is 6.07 Å². The molecule has 0 saturated heterocycles. The van der Waals surface area contributed by atoms with Crippen molar-refractivity contribution in [3.05, 3.63) is 23.9 Å². The summed E-state index contributed by atoms with van der Waals surface area (Å²) in [5.74, 6) is -3.67. The smallest absolute Gasteiger partial charge is 0.471 e. The van der Waals surface area contributed by atoms with Crippen molar-refractivity contribution in [2.75, 3.05) is 5.32 Å². The third-order valence-electron chi connectivity index (χ3n) is 1.64. The number of hydrogen-bond donors (Lipinski definition) is 2. The fraction of sp³-hybridized carbons (Fsp3) is 0.222. The van der Waals surface area contributed by atoms with Gasteiger partial charge in [0.25, 0.3) is 0 Å². The number of amides is 1. The molecule has 1 heterocycles. The Morgan fingerprint density at radius 1 is 1.35 bits per heavy atom. The Morgan fingerprint density at radius 3 is 2.53 bits per heavy atom. The Hall–Kier alpha value is -2.12. The number of pyridine rings is 1. The Balaban J connectivity index is 2.79. The van der Waals surface area contributed by atoms with Crippen LogP contribution in [-0.2, 0) is 16.0 Å². The summed E-state index contributed by atoms with van der Waals surface area (Å²) in [6, 6.07) is 3.77. The molecule has 0 fully saturated rings. The summed E-state index contributed by atoms with van der Waals surface area (Å²) in [7, 11) is 0. The molecule has 1 aromatic heterocycles. The van der Waals surface area contributed by atoms with E-state index in [1.807, 2.05) is 0 Å². The molecule has 0 aliphatic rings. The van der Waals surface area contributed by atoms with Crippen molar-refractivity contribution < 1.29 is 27.9 Å². The number of halogens is 3. The van der Waals surface area contributed by atoms with Gasteiger partial charge in [-0.15, -0.1) is 0 Å². The third-order valence-corrected chi connectivity index (χ3v) is 1.64. The average molecular weight is 248 g/mol. The van der Waals surface area contributed by atoms with Crippen LogP contribution in [0.25, 0.3) is 0 Å². The van der Waals surface area contributed by atoms with Crippen LogP contribution >= 0.6 is 0 Å². The second-order valence-corrected chi connectivity index (χ2v) is 3.04. The molecule has 0 aliphatic heterocycles. The van der Waals surface area contributed by atoms with Crippen molar-refractivity contribution in [1.29, 1.82) is 0 Å². The number of hydrogen-bond acceptors (Lipinski definition) is 3. The van der Waals surface area contributed by atoms with Gasteiger partial charge in [0.2, 0.25) is 0 Å². The summed E-state index contributed by atoms with van der Waals surface area (Å²) in [4.78, 5) is 24.5. The molecule has 1 aromatic rings. The molecule has 5 nitrogen and oxygen atoms in total. The zero-order valence-electron chi connectivity index (χ0n) is 8.28. The van der Waals surface area contributed by atoms with Gasteiger partial charge in [0, 0.05) is 0 Å². The fourth-order valence-electron chi connectivity index (χ4n) is 0.990. The molecular weight excluding hydrogens is 241 g/mol. The van der Waals surface area contributed by atoms with Crippen LogP contribution in [0.15, 0.2) is 18.2 Å². The minimum atomic E-state index is -5.01. The van der Waals surface area contributed by atoms with Gasteiger partial charge in [-0.05, 0) is 12.1 Å². The molecule has 1 amide bonds. The van der Waals surface area contributed by atoms with E-state index < -0.39 is 24.5 Å². The summed E-state index contributed by atoms with van der Waals surface area (Å²) in [6.07, 6.45) is -5.44. The number of aromatic nitrogens is 1. The first-order valence-corrected chi connectivity index (χ1v) is 4.35. The predicted molar refractivity (Wildman–Crippen MR) is 50.3 cm³/mol. The van der Waals surface area contributed by atoms with E-state index in [1.54, 1.807) is 0 Å². The second kappa shape index (κ2) is 4.81. The lowest BCUT2D eigenvalue weighted by molar-refractivity contribution is -0.167. The number of carboxylic acid groups (broad SMARTS) is 1.